The summed E-state index contributed by atoms with van der Waals surface area (Å²) in [6.45, 7) is -0.170. The maximum atomic E-state index is 12.1. The number of para-hydroxylation sites is 1. The molecule has 0 saturated carbocycles. The molecule has 2 rings (SSSR count). The third-order valence-corrected chi connectivity index (χ3v) is 5.23. The largest absolute Gasteiger partial charge is 0.489 e. The van der Waals surface area contributed by atoms with Crippen molar-refractivity contribution in [3.05, 3.63) is 58.6 Å². The van der Waals surface area contributed by atoms with Gasteiger partial charge in [-0.25, -0.2) is 8.42 Å². The summed E-state index contributed by atoms with van der Waals surface area (Å²) < 4.78 is 29.6. The molecule has 118 valence electrons. The van der Waals surface area contributed by atoms with Crippen molar-refractivity contribution in [3.63, 3.8) is 0 Å². The minimum absolute atomic E-state index is 0.105. The Balaban J connectivity index is 1.98. The molecule has 0 radical (unpaired) electrons. The van der Waals surface area contributed by atoms with Gasteiger partial charge in [-0.3, -0.25) is 0 Å². The molecule has 0 fully saturated rings. The molecule has 0 bridgehead atoms. The van der Waals surface area contributed by atoms with Crippen molar-refractivity contribution in [2.24, 2.45) is 0 Å². The Morgan fingerprint density at radius 3 is 2.32 bits per heavy atom. The number of aliphatic hydroxyl groups is 1. The normalized spacial score (nSPS) is 12.9. The van der Waals surface area contributed by atoms with Crippen molar-refractivity contribution in [3.8, 4) is 5.75 Å². The van der Waals surface area contributed by atoms with Crippen LogP contribution in [0.3, 0.4) is 0 Å². The van der Waals surface area contributed by atoms with Crippen LogP contribution in [0.5, 0.6) is 5.75 Å². The van der Waals surface area contributed by atoms with E-state index in [1.54, 1.807) is 24.3 Å². The topological polar surface area (TPSA) is 63.6 Å². The molecular formula is C15H14Cl2O4S. The number of aliphatic hydroxyl groups excluding tert-OH is 1. The van der Waals surface area contributed by atoms with Gasteiger partial charge in [0.05, 0.1) is 15.7 Å². The van der Waals surface area contributed by atoms with Gasteiger partial charge in [0, 0.05) is 5.02 Å². The summed E-state index contributed by atoms with van der Waals surface area (Å²) >= 11 is 11.6. The molecule has 1 N–H and O–H groups in total. The highest BCUT2D eigenvalue weighted by molar-refractivity contribution is 7.91. The zero-order valence-corrected chi connectivity index (χ0v) is 13.8. The smallest absolute Gasteiger partial charge is 0.181 e. The molecule has 0 aliphatic heterocycles. The molecule has 0 amide bonds. The van der Waals surface area contributed by atoms with Crippen LogP contribution < -0.4 is 4.74 Å². The summed E-state index contributed by atoms with van der Waals surface area (Å²) in [4.78, 5) is 0.105. The first-order valence-electron chi connectivity index (χ1n) is 6.42. The van der Waals surface area contributed by atoms with Crippen LogP contribution in [0.2, 0.25) is 10.0 Å². The van der Waals surface area contributed by atoms with Gasteiger partial charge in [-0.05, 0) is 36.4 Å². The van der Waals surface area contributed by atoms with E-state index in [1.807, 2.05) is 0 Å². The second-order valence-corrected chi connectivity index (χ2v) is 7.51. The molecule has 0 heterocycles. The van der Waals surface area contributed by atoms with Gasteiger partial charge < -0.3 is 9.84 Å². The molecule has 1 unspecified atom stereocenters. The third-order valence-electron chi connectivity index (χ3n) is 2.85. The number of halogens is 2. The Morgan fingerprint density at radius 2 is 1.68 bits per heavy atom. The summed E-state index contributed by atoms with van der Waals surface area (Å²) in [5.41, 5.74) is 0. The summed E-state index contributed by atoms with van der Waals surface area (Å²) in [6, 6.07) is 12.5. The third kappa shape index (κ3) is 4.61. The van der Waals surface area contributed by atoms with Crippen molar-refractivity contribution >= 4 is 33.0 Å². The monoisotopic (exact) mass is 360 g/mol. The van der Waals surface area contributed by atoms with E-state index in [-0.39, 0.29) is 11.5 Å². The lowest BCUT2D eigenvalue weighted by Gasteiger charge is -2.13. The van der Waals surface area contributed by atoms with Gasteiger partial charge in [0.2, 0.25) is 0 Å². The van der Waals surface area contributed by atoms with Crippen molar-refractivity contribution in [1.29, 1.82) is 0 Å². The van der Waals surface area contributed by atoms with Crippen LogP contribution in [0, 0.1) is 0 Å². The Hall–Kier alpha value is -1.27. The van der Waals surface area contributed by atoms with E-state index in [0.717, 1.165) is 0 Å². The highest BCUT2D eigenvalue weighted by Crippen LogP contribution is 2.23. The summed E-state index contributed by atoms with van der Waals surface area (Å²) in [5, 5.41) is 10.7. The van der Waals surface area contributed by atoms with Gasteiger partial charge in [-0.1, -0.05) is 35.3 Å². The summed E-state index contributed by atoms with van der Waals surface area (Å²) in [6.07, 6.45) is -1.17. The van der Waals surface area contributed by atoms with Crippen molar-refractivity contribution in [1.82, 2.24) is 0 Å². The number of sulfone groups is 1. The maximum Gasteiger partial charge on any atom is 0.181 e. The molecule has 7 heteroatoms. The van der Waals surface area contributed by atoms with Crippen molar-refractivity contribution in [2.45, 2.75) is 11.0 Å². The molecule has 22 heavy (non-hydrogen) atoms. The molecule has 1 atom stereocenters. The number of hydrogen-bond donors (Lipinski definition) is 1. The molecule has 0 aromatic heterocycles. The fourth-order valence-corrected chi connectivity index (χ4v) is 3.45. The maximum absolute atomic E-state index is 12.1. The SMILES string of the molecule is O=S(=O)(CC(O)COc1ccccc1Cl)c1ccc(Cl)cc1. The molecule has 0 saturated heterocycles. The fourth-order valence-electron chi connectivity index (χ4n) is 1.79. The average molecular weight is 361 g/mol. The second kappa shape index (κ2) is 7.33. The number of hydrogen-bond acceptors (Lipinski definition) is 4. The first kappa shape index (κ1) is 17.1. The Kier molecular flexibility index (Phi) is 5.69. The second-order valence-electron chi connectivity index (χ2n) is 4.63. The molecule has 0 aliphatic rings. The molecule has 2 aromatic rings. The minimum atomic E-state index is -3.61. The van der Waals surface area contributed by atoms with Gasteiger partial charge in [0.25, 0.3) is 0 Å². The molecular weight excluding hydrogens is 347 g/mol. The predicted molar refractivity (Wildman–Crippen MR) is 86.5 cm³/mol. The van der Waals surface area contributed by atoms with E-state index >= 15 is 0 Å². The molecule has 4 nitrogen and oxygen atoms in total. The van der Waals surface area contributed by atoms with E-state index in [9.17, 15) is 13.5 Å². The predicted octanol–water partition coefficient (Wildman–Crippen LogP) is 3.21. The standard InChI is InChI=1S/C15H14Cl2O4S/c16-11-5-7-13(8-6-11)22(19,20)10-12(18)9-21-15-4-2-1-3-14(15)17/h1-8,12,18H,9-10H2. The van der Waals surface area contributed by atoms with Crippen LogP contribution >= 0.6 is 23.2 Å². The van der Waals surface area contributed by atoms with Crippen LogP contribution in [-0.4, -0.2) is 32.0 Å². The van der Waals surface area contributed by atoms with Crippen LogP contribution in [0.25, 0.3) is 0 Å². The van der Waals surface area contributed by atoms with Gasteiger partial charge in [0.1, 0.15) is 18.5 Å². The van der Waals surface area contributed by atoms with E-state index in [4.69, 9.17) is 27.9 Å². The first-order chi connectivity index (χ1) is 10.4. The van der Waals surface area contributed by atoms with Gasteiger partial charge in [0.15, 0.2) is 9.84 Å². The van der Waals surface area contributed by atoms with Crippen molar-refractivity contribution < 1.29 is 18.3 Å². The lowest BCUT2D eigenvalue weighted by Crippen LogP contribution is -2.27. The Bertz CT molecular complexity index is 729. The number of ether oxygens (including phenoxy) is 1. The summed E-state index contributed by atoms with van der Waals surface area (Å²) in [7, 11) is -3.61. The van der Waals surface area contributed by atoms with Crippen molar-refractivity contribution in [2.75, 3.05) is 12.4 Å². The quantitative estimate of drug-likeness (QED) is 0.858. The number of rotatable bonds is 6. The molecule has 0 spiro atoms. The van der Waals surface area contributed by atoms with E-state index in [1.165, 1.54) is 24.3 Å². The zero-order chi connectivity index (χ0) is 16.2. The van der Waals surface area contributed by atoms with Crippen LogP contribution in [0.4, 0.5) is 0 Å². The minimum Gasteiger partial charge on any atom is -0.489 e. The zero-order valence-electron chi connectivity index (χ0n) is 11.4. The van der Waals surface area contributed by atoms with Crippen LogP contribution in [-0.2, 0) is 9.84 Å². The van der Waals surface area contributed by atoms with E-state index in [0.29, 0.717) is 15.8 Å². The van der Waals surface area contributed by atoms with Crippen LogP contribution in [0.15, 0.2) is 53.4 Å². The van der Waals surface area contributed by atoms with E-state index < -0.39 is 21.7 Å². The fraction of sp³-hybridized carbons (Fsp3) is 0.200. The number of benzene rings is 2. The van der Waals surface area contributed by atoms with Gasteiger partial charge in [-0.15, -0.1) is 0 Å². The van der Waals surface area contributed by atoms with Gasteiger partial charge in [-0.2, -0.15) is 0 Å². The molecule has 2 aromatic carbocycles. The van der Waals surface area contributed by atoms with Gasteiger partial charge >= 0.3 is 0 Å². The lowest BCUT2D eigenvalue weighted by molar-refractivity contribution is 0.125. The Morgan fingerprint density at radius 1 is 1.05 bits per heavy atom. The first-order valence-corrected chi connectivity index (χ1v) is 8.83. The summed E-state index contributed by atoms with van der Waals surface area (Å²) in [5.74, 6) is -0.0499. The van der Waals surface area contributed by atoms with Crippen LogP contribution in [0.1, 0.15) is 0 Å². The molecule has 0 aliphatic carbocycles. The van der Waals surface area contributed by atoms with E-state index in [2.05, 4.69) is 0 Å². The average Bonchev–Trinajstić information content (AvgIpc) is 2.46. The highest BCUT2D eigenvalue weighted by Gasteiger charge is 2.20. The Labute approximate surface area is 139 Å². The highest BCUT2D eigenvalue weighted by atomic mass is 35.5. The lowest BCUT2D eigenvalue weighted by atomic mass is 10.3.